The normalized spacial score (nSPS) is 25.0. The lowest BCUT2D eigenvalue weighted by molar-refractivity contribution is -0.153. The number of likely N-dealkylation sites (N-methyl/N-ethyl adjacent to an activating group) is 1. The highest BCUT2D eigenvalue weighted by Gasteiger charge is 2.64. The number of ketones is 2. The van der Waals surface area contributed by atoms with Gasteiger partial charge in [-0.3, -0.25) is 19.3 Å². The number of rotatable bonds is 4. The summed E-state index contributed by atoms with van der Waals surface area (Å²) in [5.74, 6) is -0.841. The maximum absolute atomic E-state index is 14.1. The zero-order chi connectivity index (χ0) is 30.7. The van der Waals surface area contributed by atoms with Crippen molar-refractivity contribution in [3.05, 3.63) is 75.6 Å². The highest BCUT2D eigenvalue weighted by atomic mass is 16.3. The first-order chi connectivity index (χ1) is 19.8. The molecule has 0 bridgehead atoms. The third kappa shape index (κ3) is 4.24. The van der Waals surface area contributed by atoms with Crippen molar-refractivity contribution in [3.63, 3.8) is 0 Å². The molecule has 1 amide bonds. The van der Waals surface area contributed by atoms with Crippen molar-refractivity contribution in [1.82, 2.24) is 4.90 Å². The van der Waals surface area contributed by atoms with Crippen LogP contribution in [0.5, 0.6) is 5.75 Å². The van der Waals surface area contributed by atoms with Crippen LogP contribution in [0.4, 0.5) is 5.69 Å². The molecule has 2 aromatic rings. The number of benzene rings is 2. The van der Waals surface area contributed by atoms with Gasteiger partial charge in [0.15, 0.2) is 11.4 Å². The predicted molar refractivity (Wildman–Crippen MR) is 156 cm³/mol. The van der Waals surface area contributed by atoms with Gasteiger partial charge in [0.05, 0.1) is 17.2 Å². The minimum Gasteiger partial charge on any atom is -0.508 e. The first-order valence-corrected chi connectivity index (χ1v) is 13.5. The number of phenols is 1. The first-order valence-electron chi connectivity index (χ1n) is 13.5. The lowest BCUT2D eigenvalue weighted by Gasteiger charge is -2.50. The Morgan fingerprint density at radius 2 is 1.76 bits per heavy atom. The molecule has 0 aliphatic heterocycles. The Kier molecular flexibility index (Phi) is 7.13. The summed E-state index contributed by atoms with van der Waals surface area (Å²) in [6, 6.07) is 10.2. The maximum atomic E-state index is 14.1. The number of anilines is 1. The van der Waals surface area contributed by atoms with Gasteiger partial charge in [-0.25, -0.2) is 0 Å². The standard InChI is InChI=1S/C32H33N3O7/c1-34(2)21-15-17(12-8-11-16-9-6-5-7-10-16)26(36)23-19(21)13-18-14-20-25(35(3)4)28(38)24(31(33)41)30(40)32(20,42)29(39)22(18)27(23)37/h5-7,9-10,15,18,20,25,36-37,40,42H,11,13-14H2,1-4H3,(H2,33,41)/t18-,20-,25-,32-/m0/s1. The third-order valence-corrected chi connectivity index (χ3v) is 8.54. The van der Waals surface area contributed by atoms with Gasteiger partial charge in [-0.15, -0.1) is 0 Å². The molecule has 42 heavy (non-hydrogen) atoms. The second kappa shape index (κ2) is 10.4. The van der Waals surface area contributed by atoms with Gasteiger partial charge < -0.3 is 31.1 Å². The van der Waals surface area contributed by atoms with Crippen LogP contribution in [0.1, 0.15) is 28.7 Å². The Morgan fingerprint density at radius 3 is 2.36 bits per heavy atom. The molecule has 0 heterocycles. The number of hydrogen-bond acceptors (Lipinski definition) is 9. The Balaban J connectivity index is 1.68. The zero-order valence-corrected chi connectivity index (χ0v) is 23.8. The minimum atomic E-state index is -2.68. The van der Waals surface area contributed by atoms with E-state index < -0.39 is 58.0 Å². The monoisotopic (exact) mass is 571 g/mol. The van der Waals surface area contributed by atoms with Gasteiger partial charge in [-0.05, 0) is 50.0 Å². The number of nitrogens with two attached hydrogens (primary N) is 1. The molecule has 3 aliphatic carbocycles. The molecular formula is C32H33N3O7. The Labute approximate surface area is 243 Å². The van der Waals surface area contributed by atoms with Crippen LogP contribution in [0.15, 0.2) is 53.3 Å². The van der Waals surface area contributed by atoms with Crippen LogP contribution < -0.4 is 10.6 Å². The molecule has 0 saturated heterocycles. The van der Waals surface area contributed by atoms with Gasteiger partial charge in [-0.2, -0.15) is 0 Å². The molecular weight excluding hydrogens is 538 g/mol. The summed E-state index contributed by atoms with van der Waals surface area (Å²) in [7, 11) is 6.75. The fourth-order valence-electron chi connectivity index (χ4n) is 6.62. The van der Waals surface area contributed by atoms with Gasteiger partial charge in [0.2, 0.25) is 5.78 Å². The van der Waals surface area contributed by atoms with Crippen molar-refractivity contribution in [1.29, 1.82) is 0 Å². The summed E-state index contributed by atoms with van der Waals surface area (Å²) in [5, 5.41) is 45.7. The average Bonchev–Trinajstić information content (AvgIpc) is 2.92. The van der Waals surface area contributed by atoms with Gasteiger partial charge in [-0.1, -0.05) is 42.2 Å². The van der Waals surface area contributed by atoms with E-state index >= 15 is 0 Å². The molecule has 0 spiro atoms. The average molecular weight is 572 g/mol. The molecule has 5 rings (SSSR count). The Hall–Kier alpha value is -4.59. The molecule has 0 aromatic heterocycles. The number of aromatic hydroxyl groups is 1. The number of primary amides is 1. The van der Waals surface area contributed by atoms with Crippen molar-refractivity contribution in [2.24, 2.45) is 17.6 Å². The second-order valence-corrected chi connectivity index (χ2v) is 11.5. The Bertz CT molecular complexity index is 1650. The van der Waals surface area contributed by atoms with Gasteiger partial charge in [0.25, 0.3) is 5.91 Å². The maximum Gasteiger partial charge on any atom is 0.255 e. The summed E-state index contributed by atoms with van der Waals surface area (Å²) < 4.78 is 0. The van der Waals surface area contributed by atoms with E-state index in [2.05, 4.69) is 11.8 Å². The van der Waals surface area contributed by atoms with Crippen LogP contribution >= 0.6 is 0 Å². The molecule has 218 valence electrons. The third-order valence-electron chi connectivity index (χ3n) is 8.54. The number of amides is 1. The number of fused-ring (bicyclic) bond motifs is 3. The van der Waals surface area contributed by atoms with Crippen LogP contribution in [-0.4, -0.2) is 82.6 Å². The van der Waals surface area contributed by atoms with Crippen LogP contribution in [0.3, 0.4) is 0 Å². The quantitative estimate of drug-likeness (QED) is 0.271. The van der Waals surface area contributed by atoms with Crippen molar-refractivity contribution in [2.45, 2.75) is 30.9 Å². The SMILES string of the molecule is CN(C)c1cc(C#CCc2ccccc2)c(O)c2c1C[C@H]1C[C@H]3[C@H](N(C)C)C(=O)C(C(N)=O)=C(O)[C@@]3(O)C(=O)C1=C2O. The number of aliphatic hydroxyl groups excluding tert-OH is 2. The topological polar surface area (TPSA) is 165 Å². The van der Waals surface area contributed by atoms with Crippen LogP contribution in [0, 0.1) is 23.7 Å². The minimum absolute atomic E-state index is 0.0153. The van der Waals surface area contributed by atoms with Crippen LogP contribution in [-0.2, 0) is 27.2 Å². The summed E-state index contributed by atoms with van der Waals surface area (Å²) in [6.07, 6.45) is 0.654. The number of nitrogens with zero attached hydrogens (tertiary/aromatic N) is 2. The summed E-state index contributed by atoms with van der Waals surface area (Å²) in [6.45, 7) is 0. The van der Waals surface area contributed by atoms with E-state index in [1.807, 2.05) is 49.3 Å². The lowest BCUT2D eigenvalue weighted by Crippen LogP contribution is -2.65. The number of aliphatic hydroxyl groups is 3. The molecule has 2 aromatic carbocycles. The van der Waals surface area contributed by atoms with Crippen LogP contribution in [0.25, 0.3) is 5.76 Å². The molecule has 3 aliphatic rings. The smallest absolute Gasteiger partial charge is 0.255 e. The molecule has 10 nitrogen and oxygen atoms in total. The first kappa shape index (κ1) is 28.9. The van der Waals surface area contributed by atoms with E-state index in [1.165, 1.54) is 4.90 Å². The lowest BCUT2D eigenvalue weighted by atomic mass is 9.57. The number of hydrogen-bond donors (Lipinski definition) is 5. The zero-order valence-electron chi connectivity index (χ0n) is 23.8. The van der Waals surface area contributed by atoms with Gasteiger partial charge in [0, 0.05) is 37.7 Å². The summed E-state index contributed by atoms with van der Waals surface area (Å²) in [4.78, 5) is 42.8. The number of carbonyl (C=O) groups excluding carboxylic acids is 3. The second-order valence-electron chi connectivity index (χ2n) is 11.5. The number of carbonyl (C=O) groups is 3. The van der Waals surface area contributed by atoms with E-state index in [-0.39, 0.29) is 35.3 Å². The van der Waals surface area contributed by atoms with Crippen molar-refractivity contribution < 1.29 is 34.8 Å². The molecule has 6 N–H and O–H groups in total. The van der Waals surface area contributed by atoms with Crippen molar-refractivity contribution in [3.8, 4) is 17.6 Å². The van der Waals surface area contributed by atoms with E-state index in [4.69, 9.17) is 5.73 Å². The van der Waals surface area contributed by atoms with Crippen molar-refractivity contribution in [2.75, 3.05) is 33.1 Å². The van der Waals surface area contributed by atoms with Gasteiger partial charge >= 0.3 is 0 Å². The molecule has 4 atom stereocenters. The van der Waals surface area contributed by atoms with E-state index in [9.17, 15) is 34.8 Å². The van der Waals surface area contributed by atoms with Crippen molar-refractivity contribution >= 4 is 28.9 Å². The molecule has 0 radical (unpaired) electrons. The highest BCUT2D eigenvalue weighted by molar-refractivity contribution is 6.24. The molecule has 1 saturated carbocycles. The summed E-state index contributed by atoms with van der Waals surface area (Å²) >= 11 is 0. The largest absolute Gasteiger partial charge is 0.508 e. The van der Waals surface area contributed by atoms with E-state index in [0.29, 0.717) is 17.7 Å². The van der Waals surface area contributed by atoms with E-state index in [1.54, 1.807) is 20.2 Å². The highest BCUT2D eigenvalue weighted by Crippen LogP contribution is 2.54. The fraction of sp³-hybridized carbons (Fsp3) is 0.344. The summed E-state index contributed by atoms with van der Waals surface area (Å²) in [5.41, 5.74) is 4.17. The van der Waals surface area contributed by atoms with Crippen LogP contribution in [0.2, 0.25) is 0 Å². The van der Waals surface area contributed by atoms with E-state index in [0.717, 1.165) is 5.56 Å². The van der Waals surface area contributed by atoms with Gasteiger partial charge in [0.1, 0.15) is 22.8 Å². The Morgan fingerprint density at radius 1 is 1.10 bits per heavy atom. The number of phenolic OH excluding ortho intramolecular Hbond substituents is 1. The molecule has 0 unspecified atom stereocenters. The fourth-order valence-corrected chi connectivity index (χ4v) is 6.62. The predicted octanol–water partition coefficient (Wildman–Crippen LogP) is 1.62. The number of Topliss-reactive ketones (excluding diaryl/α,β-unsaturated/α-hetero) is 2. The molecule has 10 heteroatoms. The molecule has 1 fully saturated rings.